The molecule has 6 heteroatoms. The van der Waals surface area contributed by atoms with Crippen LogP contribution in [0.15, 0.2) is 18.2 Å². The van der Waals surface area contributed by atoms with E-state index in [0.29, 0.717) is 0 Å². The van der Waals surface area contributed by atoms with Crippen molar-refractivity contribution in [2.45, 2.75) is 59.6 Å². The molecular weight excluding hydrogens is 358 g/mol. The minimum atomic E-state index is -0.0202. The first-order chi connectivity index (χ1) is 12.8. The predicted molar refractivity (Wildman–Crippen MR) is 110 cm³/mol. The Labute approximate surface area is 165 Å². The third-order valence-corrected chi connectivity index (χ3v) is 6.44. The molecule has 1 aromatic carbocycles. The van der Waals surface area contributed by atoms with Crippen molar-refractivity contribution in [1.29, 1.82) is 0 Å². The molecule has 1 aliphatic heterocycles. The van der Waals surface area contributed by atoms with E-state index in [1.807, 2.05) is 31.7 Å². The molecular formula is C21H29N3O2S. The number of benzene rings is 1. The van der Waals surface area contributed by atoms with E-state index in [0.717, 1.165) is 47.3 Å². The molecule has 1 fully saturated rings. The van der Waals surface area contributed by atoms with Gasteiger partial charge in [-0.1, -0.05) is 6.07 Å². The smallest absolute Gasteiger partial charge is 0.317 e. The standard InChI is InChI=1S/C21H29N3O2S/c1-13-6-7-19(12-14(13)2)26-18-8-10-24(11-9-18)21(25)23-16(4)20-15(3)22-17(5)27-20/h6-7,12,16,18H,8-11H2,1-5H3,(H,23,25)/t16-/m1/s1. The number of amides is 2. The highest BCUT2D eigenvalue weighted by atomic mass is 32.1. The zero-order valence-corrected chi connectivity index (χ0v) is 17.7. The van der Waals surface area contributed by atoms with Crippen LogP contribution in [0.4, 0.5) is 4.79 Å². The fraction of sp³-hybridized carbons (Fsp3) is 0.524. The molecule has 1 aliphatic rings. The number of nitrogens with one attached hydrogen (secondary N) is 1. The molecule has 146 valence electrons. The summed E-state index contributed by atoms with van der Waals surface area (Å²) >= 11 is 1.65. The lowest BCUT2D eigenvalue weighted by molar-refractivity contribution is 0.110. The summed E-state index contributed by atoms with van der Waals surface area (Å²) in [5, 5.41) is 4.15. The van der Waals surface area contributed by atoms with E-state index in [2.05, 4.69) is 36.3 Å². The number of likely N-dealkylation sites (tertiary alicyclic amines) is 1. The number of urea groups is 1. The van der Waals surface area contributed by atoms with Gasteiger partial charge in [0.25, 0.3) is 0 Å². The van der Waals surface area contributed by atoms with Crippen molar-refractivity contribution in [3.63, 3.8) is 0 Å². The minimum absolute atomic E-state index is 0.00224. The van der Waals surface area contributed by atoms with Crippen molar-refractivity contribution in [3.8, 4) is 5.75 Å². The van der Waals surface area contributed by atoms with Crippen LogP contribution in [0.1, 0.15) is 52.5 Å². The van der Waals surface area contributed by atoms with Crippen LogP contribution < -0.4 is 10.1 Å². The Bertz CT molecular complexity index is 810. The summed E-state index contributed by atoms with van der Waals surface area (Å²) in [5.41, 5.74) is 3.52. The van der Waals surface area contributed by atoms with Crippen LogP contribution in [-0.2, 0) is 0 Å². The van der Waals surface area contributed by atoms with Gasteiger partial charge >= 0.3 is 6.03 Å². The normalized spacial score (nSPS) is 16.3. The number of carbonyl (C=O) groups is 1. The van der Waals surface area contributed by atoms with Crippen LogP contribution in [0.5, 0.6) is 5.75 Å². The molecule has 1 aromatic heterocycles. The van der Waals surface area contributed by atoms with Gasteiger partial charge < -0.3 is 15.0 Å². The van der Waals surface area contributed by atoms with E-state index < -0.39 is 0 Å². The van der Waals surface area contributed by atoms with E-state index in [-0.39, 0.29) is 18.2 Å². The second kappa shape index (κ2) is 8.30. The van der Waals surface area contributed by atoms with Gasteiger partial charge in [0.1, 0.15) is 11.9 Å². The third-order valence-electron chi connectivity index (χ3n) is 5.18. The molecule has 27 heavy (non-hydrogen) atoms. The Hall–Kier alpha value is -2.08. The Morgan fingerprint density at radius 3 is 2.52 bits per heavy atom. The lowest BCUT2D eigenvalue weighted by Gasteiger charge is -2.33. The number of hydrogen-bond donors (Lipinski definition) is 1. The van der Waals surface area contributed by atoms with Gasteiger partial charge in [-0.15, -0.1) is 11.3 Å². The Kier molecular flexibility index (Phi) is 6.05. The maximum atomic E-state index is 12.6. The summed E-state index contributed by atoms with van der Waals surface area (Å²) in [5.74, 6) is 0.922. The van der Waals surface area contributed by atoms with Gasteiger partial charge in [0.05, 0.1) is 16.7 Å². The monoisotopic (exact) mass is 387 g/mol. The van der Waals surface area contributed by atoms with Gasteiger partial charge in [-0.05, 0) is 57.9 Å². The number of piperidine rings is 1. The van der Waals surface area contributed by atoms with Gasteiger partial charge in [0, 0.05) is 30.8 Å². The van der Waals surface area contributed by atoms with Crippen LogP contribution in [-0.4, -0.2) is 35.1 Å². The highest BCUT2D eigenvalue weighted by Gasteiger charge is 2.25. The van der Waals surface area contributed by atoms with Crippen LogP contribution in [0.2, 0.25) is 0 Å². The van der Waals surface area contributed by atoms with E-state index in [1.165, 1.54) is 11.1 Å². The molecule has 0 bridgehead atoms. The molecule has 1 N–H and O–H groups in total. The molecule has 0 saturated carbocycles. The Morgan fingerprint density at radius 2 is 1.93 bits per heavy atom. The highest BCUT2D eigenvalue weighted by Crippen LogP contribution is 2.25. The van der Waals surface area contributed by atoms with Crippen LogP contribution in [0.25, 0.3) is 0 Å². The number of aromatic nitrogens is 1. The summed E-state index contributed by atoms with van der Waals surface area (Å²) in [6.07, 6.45) is 1.88. The summed E-state index contributed by atoms with van der Waals surface area (Å²) in [6, 6.07) is 6.20. The van der Waals surface area contributed by atoms with Crippen molar-refractivity contribution >= 4 is 17.4 Å². The molecule has 2 aromatic rings. The Balaban J connectivity index is 1.50. The second-order valence-corrected chi connectivity index (χ2v) is 8.64. The van der Waals surface area contributed by atoms with E-state index >= 15 is 0 Å². The number of thiazole rings is 1. The lowest BCUT2D eigenvalue weighted by Crippen LogP contribution is -2.47. The maximum Gasteiger partial charge on any atom is 0.317 e. The lowest BCUT2D eigenvalue weighted by atomic mass is 10.1. The molecule has 1 atom stereocenters. The number of ether oxygens (including phenoxy) is 1. The number of carbonyl (C=O) groups excluding carboxylic acids is 1. The molecule has 0 unspecified atom stereocenters. The zero-order chi connectivity index (χ0) is 19.6. The van der Waals surface area contributed by atoms with Crippen LogP contribution >= 0.6 is 11.3 Å². The van der Waals surface area contributed by atoms with E-state index in [1.54, 1.807) is 11.3 Å². The van der Waals surface area contributed by atoms with Gasteiger partial charge in [0.2, 0.25) is 0 Å². The van der Waals surface area contributed by atoms with E-state index in [4.69, 9.17) is 4.74 Å². The van der Waals surface area contributed by atoms with Crippen LogP contribution in [0, 0.1) is 27.7 Å². The minimum Gasteiger partial charge on any atom is -0.490 e. The number of hydrogen-bond acceptors (Lipinski definition) is 4. The summed E-state index contributed by atoms with van der Waals surface area (Å²) in [6.45, 7) is 11.7. The first-order valence-electron chi connectivity index (χ1n) is 9.56. The SMILES string of the molecule is Cc1nc(C)c([C@@H](C)NC(=O)N2CCC(Oc3ccc(C)c(C)c3)CC2)s1. The van der Waals surface area contributed by atoms with Crippen molar-refractivity contribution in [2.75, 3.05) is 13.1 Å². The van der Waals surface area contributed by atoms with Crippen molar-refractivity contribution in [1.82, 2.24) is 15.2 Å². The fourth-order valence-electron chi connectivity index (χ4n) is 3.45. The average molecular weight is 388 g/mol. The van der Waals surface area contributed by atoms with Crippen molar-refractivity contribution in [3.05, 3.63) is 44.9 Å². The topological polar surface area (TPSA) is 54.5 Å². The highest BCUT2D eigenvalue weighted by molar-refractivity contribution is 7.11. The number of rotatable bonds is 4. The largest absolute Gasteiger partial charge is 0.490 e. The average Bonchev–Trinajstić information content (AvgIpc) is 2.97. The van der Waals surface area contributed by atoms with Gasteiger partial charge in [0.15, 0.2) is 0 Å². The molecule has 0 aliphatic carbocycles. The molecule has 2 heterocycles. The molecule has 5 nitrogen and oxygen atoms in total. The quantitative estimate of drug-likeness (QED) is 0.828. The van der Waals surface area contributed by atoms with Gasteiger partial charge in [-0.3, -0.25) is 0 Å². The van der Waals surface area contributed by atoms with E-state index in [9.17, 15) is 4.79 Å². The van der Waals surface area contributed by atoms with Crippen molar-refractivity contribution < 1.29 is 9.53 Å². The molecule has 0 radical (unpaired) electrons. The van der Waals surface area contributed by atoms with Crippen molar-refractivity contribution in [2.24, 2.45) is 0 Å². The first-order valence-corrected chi connectivity index (χ1v) is 10.4. The van der Waals surface area contributed by atoms with Gasteiger partial charge in [-0.2, -0.15) is 0 Å². The third kappa shape index (κ3) is 4.80. The molecule has 3 rings (SSSR count). The predicted octanol–water partition coefficient (Wildman–Crippen LogP) is 4.69. The summed E-state index contributed by atoms with van der Waals surface area (Å²) in [7, 11) is 0. The number of aryl methyl sites for hydroxylation is 4. The number of nitrogens with zero attached hydrogens (tertiary/aromatic N) is 2. The zero-order valence-electron chi connectivity index (χ0n) is 16.8. The second-order valence-electron chi connectivity index (χ2n) is 7.40. The summed E-state index contributed by atoms with van der Waals surface area (Å²) in [4.78, 5) is 20.1. The summed E-state index contributed by atoms with van der Waals surface area (Å²) < 4.78 is 6.12. The molecule has 0 spiro atoms. The maximum absolute atomic E-state index is 12.6. The first kappa shape index (κ1) is 19.7. The fourth-order valence-corrected chi connectivity index (χ4v) is 4.38. The molecule has 2 amide bonds. The Morgan fingerprint density at radius 1 is 1.22 bits per heavy atom. The van der Waals surface area contributed by atoms with Crippen LogP contribution in [0.3, 0.4) is 0 Å². The van der Waals surface area contributed by atoms with Gasteiger partial charge in [-0.25, -0.2) is 9.78 Å². The molecule has 1 saturated heterocycles.